The zero-order valence-corrected chi connectivity index (χ0v) is 17.5. The number of rotatable bonds is 4. The molecule has 3 aromatic rings. The number of H-pyrrole nitrogens is 1. The summed E-state index contributed by atoms with van der Waals surface area (Å²) in [5.41, 5.74) is 2.87. The third-order valence-corrected chi connectivity index (χ3v) is 7.33. The van der Waals surface area contributed by atoms with Gasteiger partial charge >= 0.3 is 0 Å². The van der Waals surface area contributed by atoms with Crippen LogP contribution < -0.4 is 5.32 Å². The van der Waals surface area contributed by atoms with Crippen LogP contribution in [0.3, 0.4) is 0 Å². The molecule has 5 heterocycles. The van der Waals surface area contributed by atoms with Crippen molar-refractivity contribution < 1.29 is 4.79 Å². The van der Waals surface area contributed by atoms with E-state index in [0.717, 1.165) is 50.7 Å². The molecule has 4 aliphatic rings. The number of nitrogens with one attached hydrogen (secondary N) is 2. The average Bonchev–Trinajstić information content (AvgIpc) is 3.23. The van der Waals surface area contributed by atoms with E-state index in [0.29, 0.717) is 11.5 Å². The van der Waals surface area contributed by atoms with Gasteiger partial charge in [-0.1, -0.05) is 42.5 Å². The van der Waals surface area contributed by atoms with Gasteiger partial charge in [-0.3, -0.25) is 4.79 Å². The van der Waals surface area contributed by atoms with Gasteiger partial charge in [-0.2, -0.15) is 0 Å². The highest BCUT2D eigenvalue weighted by Crippen LogP contribution is 2.43. The number of nitrogens with zero attached hydrogens (tertiary/aromatic N) is 3. The van der Waals surface area contributed by atoms with Crippen LogP contribution in [0.4, 0.5) is 0 Å². The van der Waals surface area contributed by atoms with Gasteiger partial charge in [0.25, 0.3) is 5.91 Å². The van der Waals surface area contributed by atoms with E-state index in [1.54, 1.807) is 12.4 Å². The van der Waals surface area contributed by atoms with Gasteiger partial charge in [0.2, 0.25) is 0 Å². The van der Waals surface area contributed by atoms with E-state index in [4.69, 9.17) is 0 Å². The van der Waals surface area contributed by atoms with Crippen molar-refractivity contribution in [2.24, 2.45) is 5.92 Å². The SMILES string of the molecule is O=C(NC1C2CN3CCN(C2)CC1(c1ccccc1)C3)c1cccc(-c2ncc[nH]2)c1. The lowest BCUT2D eigenvalue weighted by atomic mass is 9.64. The number of carbonyl (C=O) groups is 1. The van der Waals surface area contributed by atoms with E-state index in [-0.39, 0.29) is 17.4 Å². The number of fused-ring (bicyclic) bond motifs is 1. The topological polar surface area (TPSA) is 64.3 Å². The van der Waals surface area contributed by atoms with Crippen molar-refractivity contribution in [3.63, 3.8) is 0 Å². The molecule has 3 unspecified atom stereocenters. The second-order valence-electron chi connectivity index (χ2n) is 9.22. The van der Waals surface area contributed by atoms with Gasteiger partial charge < -0.3 is 20.1 Å². The summed E-state index contributed by atoms with van der Waals surface area (Å²) < 4.78 is 0. The molecular weight excluding hydrogens is 386 g/mol. The van der Waals surface area contributed by atoms with Crippen LogP contribution in [0.1, 0.15) is 15.9 Å². The Labute approximate surface area is 182 Å². The number of piperidine rings is 2. The van der Waals surface area contributed by atoms with E-state index in [1.807, 2.05) is 24.3 Å². The number of aromatic amines is 1. The number of benzene rings is 2. The molecule has 4 aliphatic heterocycles. The maximum atomic E-state index is 13.4. The molecule has 3 atom stereocenters. The first-order valence-electron chi connectivity index (χ1n) is 11.1. The van der Waals surface area contributed by atoms with E-state index >= 15 is 0 Å². The van der Waals surface area contributed by atoms with Crippen LogP contribution in [0.2, 0.25) is 0 Å². The highest BCUT2D eigenvalue weighted by atomic mass is 16.1. The Morgan fingerprint density at radius 3 is 2.52 bits per heavy atom. The van der Waals surface area contributed by atoms with Gasteiger partial charge in [-0.05, 0) is 17.7 Å². The average molecular weight is 414 g/mol. The number of hydrogen-bond acceptors (Lipinski definition) is 4. The summed E-state index contributed by atoms with van der Waals surface area (Å²) >= 11 is 0. The first-order valence-corrected chi connectivity index (χ1v) is 11.1. The molecule has 4 saturated heterocycles. The summed E-state index contributed by atoms with van der Waals surface area (Å²) in [4.78, 5) is 26.1. The number of amides is 1. The molecule has 6 nitrogen and oxygen atoms in total. The molecule has 0 spiro atoms. The Kier molecular flexibility index (Phi) is 4.44. The number of hydrogen-bond donors (Lipinski definition) is 2. The zero-order valence-electron chi connectivity index (χ0n) is 17.5. The van der Waals surface area contributed by atoms with Crippen molar-refractivity contribution in [3.8, 4) is 11.4 Å². The van der Waals surface area contributed by atoms with Gasteiger partial charge in [0.15, 0.2) is 0 Å². The van der Waals surface area contributed by atoms with Crippen LogP contribution >= 0.6 is 0 Å². The van der Waals surface area contributed by atoms with E-state index in [9.17, 15) is 4.79 Å². The molecule has 4 bridgehead atoms. The number of imidazole rings is 1. The van der Waals surface area contributed by atoms with E-state index in [1.165, 1.54) is 5.56 Å². The molecule has 2 N–H and O–H groups in total. The van der Waals surface area contributed by atoms with Crippen molar-refractivity contribution >= 4 is 5.91 Å². The largest absolute Gasteiger partial charge is 0.348 e. The van der Waals surface area contributed by atoms with E-state index < -0.39 is 0 Å². The lowest BCUT2D eigenvalue weighted by molar-refractivity contribution is 0.0180. The fraction of sp³-hybridized carbons (Fsp3) is 0.360. The summed E-state index contributed by atoms with van der Waals surface area (Å²) in [6.45, 7) is 6.36. The van der Waals surface area contributed by atoms with Crippen molar-refractivity contribution in [1.82, 2.24) is 25.1 Å². The maximum absolute atomic E-state index is 13.4. The Morgan fingerprint density at radius 1 is 1.03 bits per heavy atom. The monoisotopic (exact) mass is 413 g/mol. The maximum Gasteiger partial charge on any atom is 0.251 e. The van der Waals surface area contributed by atoms with Crippen LogP contribution in [-0.2, 0) is 5.41 Å². The Morgan fingerprint density at radius 2 is 1.81 bits per heavy atom. The van der Waals surface area contributed by atoms with Crippen molar-refractivity contribution in [2.75, 3.05) is 39.3 Å². The van der Waals surface area contributed by atoms with Gasteiger partial charge in [-0.25, -0.2) is 4.98 Å². The van der Waals surface area contributed by atoms with Crippen molar-refractivity contribution in [1.29, 1.82) is 0 Å². The fourth-order valence-electron chi connectivity index (χ4n) is 6.02. The lowest BCUT2D eigenvalue weighted by Crippen LogP contribution is -2.70. The molecule has 0 saturated carbocycles. The summed E-state index contributed by atoms with van der Waals surface area (Å²) in [5, 5.41) is 3.50. The Balaban J connectivity index is 1.34. The molecule has 2 aromatic carbocycles. The minimum atomic E-state index is -0.0762. The minimum absolute atomic E-state index is 0.00450. The van der Waals surface area contributed by atoms with Crippen LogP contribution in [0.25, 0.3) is 11.4 Å². The quantitative estimate of drug-likeness (QED) is 0.689. The second kappa shape index (κ2) is 7.32. The molecule has 31 heavy (non-hydrogen) atoms. The predicted molar refractivity (Wildman–Crippen MR) is 120 cm³/mol. The first-order chi connectivity index (χ1) is 15.2. The molecule has 1 amide bonds. The van der Waals surface area contributed by atoms with Crippen molar-refractivity contribution in [3.05, 3.63) is 78.1 Å². The second-order valence-corrected chi connectivity index (χ2v) is 9.22. The lowest BCUT2D eigenvalue weighted by Gasteiger charge is -2.55. The Hall–Kier alpha value is -2.96. The van der Waals surface area contributed by atoms with Crippen LogP contribution in [0.5, 0.6) is 0 Å². The number of aromatic nitrogens is 2. The summed E-state index contributed by atoms with van der Waals surface area (Å²) in [5.74, 6) is 1.22. The molecule has 7 rings (SSSR count). The van der Waals surface area contributed by atoms with Crippen LogP contribution in [-0.4, -0.2) is 71.0 Å². The first kappa shape index (κ1) is 18.8. The zero-order chi connectivity index (χ0) is 20.8. The highest BCUT2D eigenvalue weighted by molar-refractivity contribution is 5.95. The molecule has 6 heteroatoms. The standard InChI is InChI=1S/C25H27N5O/c31-24(19-6-4-5-18(13-19)23-26-9-10-27-23)28-22-20-14-29-11-12-30(15-20)17-25(22,16-29)21-7-2-1-3-8-21/h1-10,13,20,22H,11-12,14-17H2,(H,26,27)(H,28,31). The van der Waals surface area contributed by atoms with Crippen molar-refractivity contribution in [2.45, 2.75) is 11.5 Å². The summed E-state index contributed by atoms with van der Waals surface area (Å²) in [6, 6.07) is 18.7. The molecule has 1 aromatic heterocycles. The molecule has 158 valence electrons. The van der Waals surface area contributed by atoms with Crippen LogP contribution in [0.15, 0.2) is 67.0 Å². The van der Waals surface area contributed by atoms with E-state index in [2.05, 4.69) is 55.4 Å². The highest BCUT2D eigenvalue weighted by Gasteiger charge is 2.55. The third kappa shape index (κ3) is 3.18. The normalized spacial score (nSPS) is 31.4. The smallest absolute Gasteiger partial charge is 0.251 e. The summed E-state index contributed by atoms with van der Waals surface area (Å²) in [6.07, 6.45) is 3.53. The fourth-order valence-corrected chi connectivity index (χ4v) is 6.02. The molecule has 0 radical (unpaired) electrons. The van der Waals surface area contributed by atoms with Gasteiger partial charge in [-0.15, -0.1) is 0 Å². The van der Waals surface area contributed by atoms with Gasteiger partial charge in [0, 0.05) is 80.2 Å². The van der Waals surface area contributed by atoms with Crippen LogP contribution in [0, 0.1) is 5.92 Å². The van der Waals surface area contributed by atoms with Gasteiger partial charge in [0.05, 0.1) is 0 Å². The Bertz CT molecular complexity index is 1060. The minimum Gasteiger partial charge on any atom is -0.348 e. The molecule has 4 fully saturated rings. The predicted octanol–water partition coefficient (Wildman–Crippen LogP) is 2.37. The van der Waals surface area contributed by atoms with Gasteiger partial charge in [0.1, 0.15) is 5.82 Å². The molecule has 0 aliphatic carbocycles. The summed E-state index contributed by atoms with van der Waals surface area (Å²) in [7, 11) is 0. The molecular formula is C25H27N5O. The number of carbonyl (C=O) groups excluding carboxylic acids is 1. The third-order valence-electron chi connectivity index (χ3n) is 7.33.